The Morgan fingerprint density at radius 1 is 1.44 bits per heavy atom. The minimum atomic E-state index is 0.710. The van der Waals surface area contributed by atoms with E-state index in [1.165, 1.54) is 19.4 Å². The average Bonchev–Trinajstić information content (AvgIpc) is 2.87. The molecule has 18 heavy (non-hydrogen) atoms. The van der Waals surface area contributed by atoms with Crippen molar-refractivity contribution in [2.75, 3.05) is 25.9 Å². The van der Waals surface area contributed by atoms with Crippen molar-refractivity contribution < 1.29 is 0 Å². The molecule has 0 spiro atoms. The van der Waals surface area contributed by atoms with Gasteiger partial charge in [0.2, 0.25) is 0 Å². The topological polar surface area (TPSA) is 41.0 Å². The van der Waals surface area contributed by atoms with Crippen LogP contribution >= 0.6 is 11.8 Å². The molecule has 1 aliphatic heterocycles. The Hall–Kier alpha value is -0.650. The van der Waals surface area contributed by atoms with Crippen LogP contribution in [0.25, 0.3) is 0 Å². The van der Waals surface area contributed by atoms with Crippen molar-refractivity contribution in [2.24, 2.45) is 0 Å². The fraction of sp³-hybridized carbons (Fsp3) is 0.692. The third-order valence-corrected chi connectivity index (χ3v) is 4.05. The lowest BCUT2D eigenvalue weighted by Crippen LogP contribution is -2.37. The number of rotatable bonds is 6. The minimum Gasteiger partial charge on any atom is -0.311 e. The second-order valence-electron chi connectivity index (χ2n) is 4.63. The van der Waals surface area contributed by atoms with Crippen LogP contribution in [0.15, 0.2) is 17.6 Å². The summed E-state index contributed by atoms with van der Waals surface area (Å²) in [5, 5.41) is 4.36. The fourth-order valence-corrected chi connectivity index (χ4v) is 2.78. The van der Waals surface area contributed by atoms with Gasteiger partial charge in [0.1, 0.15) is 0 Å². The van der Waals surface area contributed by atoms with Crippen LogP contribution in [0.2, 0.25) is 0 Å². The standard InChI is InChI=1S/C13H22N4S/c1-3-17-6-4-5-12(17)10-14-7-11-8-15-13(18-2)16-9-11/h8-9,12,14H,3-7,10H2,1-2H3/t12-/m1/s1. The Labute approximate surface area is 114 Å². The second kappa shape index (κ2) is 7.07. The summed E-state index contributed by atoms with van der Waals surface area (Å²) in [5.74, 6) is 0. The fourth-order valence-electron chi connectivity index (χ4n) is 2.47. The van der Waals surface area contributed by atoms with E-state index in [0.29, 0.717) is 6.04 Å². The lowest BCUT2D eigenvalue weighted by molar-refractivity contribution is 0.260. The van der Waals surface area contributed by atoms with Crippen LogP contribution in [0, 0.1) is 0 Å². The number of hydrogen-bond donors (Lipinski definition) is 1. The van der Waals surface area contributed by atoms with E-state index in [4.69, 9.17) is 0 Å². The maximum Gasteiger partial charge on any atom is 0.187 e. The van der Waals surface area contributed by atoms with Gasteiger partial charge in [-0.15, -0.1) is 0 Å². The first-order valence-electron chi connectivity index (χ1n) is 6.63. The van der Waals surface area contributed by atoms with Crippen LogP contribution in [0.3, 0.4) is 0 Å². The van der Waals surface area contributed by atoms with E-state index >= 15 is 0 Å². The van der Waals surface area contributed by atoms with Gasteiger partial charge < -0.3 is 5.32 Å². The predicted octanol–water partition coefficient (Wildman–Crippen LogP) is 1.77. The van der Waals surface area contributed by atoms with Gasteiger partial charge in [-0.25, -0.2) is 9.97 Å². The van der Waals surface area contributed by atoms with Crippen molar-refractivity contribution in [3.05, 3.63) is 18.0 Å². The minimum absolute atomic E-state index is 0.710. The lowest BCUT2D eigenvalue weighted by Gasteiger charge is -2.22. The molecule has 1 aromatic rings. The van der Waals surface area contributed by atoms with Crippen LogP contribution in [-0.2, 0) is 6.54 Å². The molecule has 2 heterocycles. The van der Waals surface area contributed by atoms with Gasteiger partial charge in [0.15, 0.2) is 5.16 Å². The highest BCUT2D eigenvalue weighted by Gasteiger charge is 2.21. The quantitative estimate of drug-likeness (QED) is 0.628. The Kier molecular flexibility index (Phi) is 5.41. The largest absolute Gasteiger partial charge is 0.311 e. The molecule has 1 aliphatic rings. The molecular weight excluding hydrogens is 244 g/mol. The predicted molar refractivity (Wildman–Crippen MR) is 75.8 cm³/mol. The molecule has 0 radical (unpaired) electrons. The summed E-state index contributed by atoms with van der Waals surface area (Å²) in [6.07, 6.45) is 8.48. The summed E-state index contributed by atoms with van der Waals surface area (Å²) < 4.78 is 0. The van der Waals surface area contributed by atoms with Crippen LogP contribution in [-0.4, -0.2) is 46.8 Å². The molecule has 2 rings (SSSR count). The molecule has 5 heteroatoms. The highest BCUT2D eigenvalue weighted by Crippen LogP contribution is 2.15. The van der Waals surface area contributed by atoms with Gasteiger partial charge in [-0.2, -0.15) is 0 Å². The summed E-state index contributed by atoms with van der Waals surface area (Å²) in [6.45, 7) is 6.60. The highest BCUT2D eigenvalue weighted by atomic mass is 32.2. The summed E-state index contributed by atoms with van der Waals surface area (Å²) in [5.41, 5.74) is 1.16. The molecule has 0 bridgehead atoms. The zero-order chi connectivity index (χ0) is 12.8. The average molecular weight is 266 g/mol. The first-order valence-corrected chi connectivity index (χ1v) is 7.85. The number of likely N-dealkylation sites (N-methyl/N-ethyl adjacent to an activating group) is 1. The van der Waals surface area contributed by atoms with Gasteiger partial charge in [-0.1, -0.05) is 18.7 Å². The maximum atomic E-state index is 4.28. The molecule has 0 saturated carbocycles. The van der Waals surface area contributed by atoms with Gasteiger partial charge in [0.25, 0.3) is 0 Å². The Morgan fingerprint density at radius 2 is 2.22 bits per heavy atom. The van der Waals surface area contributed by atoms with Gasteiger partial charge in [0.05, 0.1) is 0 Å². The number of hydrogen-bond acceptors (Lipinski definition) is 5. The molecule has 1 fully saturated rings. The van der Waals surface area contributed by atoms with Gasteiger partial charge in [-0.3, -0.25) is 4.90 Å². The highest BCUT2D eigenvalue weighted by molar-refractivity contribution is 7.98. The monoisotopic (exact) mass is 266 g/mol. The molecule has 1 saturated heterocycles. The zero-order valence-electron chi connectivity index (χ0n) is 11.2. The third kappa shape index (κ3) is 3.67. The molecule has 0 aromatic carbocycles. The van der Waals surface area contributed by atoms with Crippen molar-refractivity contribution in [3.8, 4) is 0 Å². The summed E-state index contributed by atoms with van der Waals surface area (Å²) in [6, 6.07) is 0.710. The number of likely N-dealkylation sites (tertiary alicyclic amines) is 1. The molecule has 1 N–H and O–H groups in total. The Balaban J connectivity index is 1.74. The first-order chi connectivity index (χ1) is 8.83. The van der Waals surface area contributed by atoms with Gasteiger partial charge in [-0.05, 0) is 32.2 Å². The molecule has 100 valence electrons. The van der Waals surface area contributed by atoms with E-state index in [1.54, 1.807) is 11.8 Å². The van der Waals surface area contributed by atoms with Crippen molar-refractivity contribution in [3.63, 3.8) is 0 Å². The van der Waals surface area contributed by atoms with E-state index in [9.17, 15) is 0 Å². The van der Waals surface area contributed by atoms with Crippen LogP contribution < -0.4 is 5.32 Å². The third-order valence-electron chi connectivity index (χ3n) is 3.48. The number of nitrogens with one attached hydrogen (secondary N) is 1. The van der Waals surface area contributed by atoms with Crippen molar-refractivity contribution in [2.45, 2.75) is 37.5 Å². The van der Waals surface area contributed by atoms with Gasteiger partial charge in [0, 0.05) is 37.1 Å². The van der Waals surface area contributed by atoms with E-state index in [0.717, 1.165) is 30.4 Å². The van der Waals surface area contributed by atoms with E-state index in [2.05, 4.69) is 27.1 Å². The van der Waals surface area contributed by atoms with Crippen LogP contribution in [0.4, 0.5) is 0 Å². The summed E-state index contributed by atoms with van der Waals surface area (Å²) in [7, 11) is 0. The number of nitrogens with zero attached hydrogens (tertiary/aromatic N) is 3. The van der Waals surface area contributed by atoms with Crippen molar-refractivity contribution in [1.82, 2.24) is 20.2 Å². The normalized spacial score (nSPS) is 20.4. The lowest BCUT2D eigenvalue weighted by atomic mass is 10.2. The van der Waals surface area contributed by atoms with Crippen molar-refractivity contribution in [1.29, 1.82) is 0 Å². The summed E-state index contributed by atoms with van der Waals surface area (Å²) >= 11 is 1.58. The van der Waals surface area contributed by atoms with E-state index < -0.39 is 0 Å². The van der Waals surface area contributed by atoms with Gasteiger partial charge >= 0.3 is 0 Å². The van der Waals surface area contributed by atoms with Crippen molar-refractivity contribution >= 4 is 11.8 Å². The number of thioether (sulfide) groups is 1. The zero-order valence-corrected chi connectivity index (χ0v) is 12.0. The molecule has 4 nitrogen and oxygen atoms in total. The van der Waals surface area contributed by atoms with Crippen LogP contribution in [0.1, 0.15) is 25.3 Å². The number of aromatic nitrogens is 2. The van der Waals surface area contributed by atoms with E-state index in [1.807, 2.05) is 18.6 Å². The smallest absolute Gasteiger partial charge is 0.187 e. The molecule has 1 atom stereocenters. The second-order valence-corrected chi connectivity index (χ2v) is 5.41. The maximum absolute atomic E-state index is 4.28. The summed E-state index contributed by atoms with van der Waals surface area (Å²) in [4.78, 5) is 11.1. The molecular formula is C13H22N4S. The first kappa shape index (κ1) is 13.8. The molecule has 0 amide bonds. The Bertz CT molecular complexity index is 355. The van der Waals surface area contributed by atoms with Crippen LogP contribution in [0.5, 0.6) is 0 Å². The molecule has 1 aromatic heterocycles. The molecule has 0 aliphatic carbocycles. The Morgan fingerprint density at radius 3 is 2.89 bits per heavy atom. The SMILES string of the molecule is CCN1CCC[C@@H]1CNCc1cnc(SC)nc1. The van der Waals surface area contributed by atoms with E-state index in [-0.39, 0.29) is 0 Å². The molecule has 0 unspecified atom stereocenters.